The van der Waals surface area contributed by atoms with Gasteiger partial charge in [-0.25, -0.2) is 0 Å². The summed E-state index contributed by atoms with van der Waals surface area (Å²) in [5.74, 6) is 0. The highest BCUT2D eigenvalue weighted by Crippen LogP contribution is 2.23. The molecule has 1 N–H and O–H groups in total. The minimum atomic E-state index is 0.154. The number of hydrogen-bond acceptors (Lipinski definition) is 3. The van der Waals surface area contributed by atoms with Crippen molar-refractivity contribution in [2.45, 2.75) is 66.2 Å². The average molecular weight is 302 g/mol. The zero-order valence-electron chi connectivity index (χ0n) is 13.4. The van der Waals surface area contributed by atoms with E-state index in [-0.39, 0.29) is 12.1 Å². The topological polar surface area (TPSA) is 39.1 Å². The fourth-order valence-electron chi connectivity index (χ4n) is 2.47. The smallest absolute Gasteiger partial charge is 0.0850 e. The zero-order chi connectivity index (χ0) is 15.1. The van der Waals surface area contributed by atoms with E-state index in [9.17, 15) is 0 Å². The van der Waals surface area contributed by atoms with E-state index in [1.165, 1.54) is 0 Å². The summed E-state index contributed by atoms with van der Waals surface area (Å²) < 4.78 is 7.76. The van der Waals surface area contributed by atoms with E-state index >= 15 is 0 Å². The molecule has 2 atom stereocenters. The third-order valence-corrected chi connectivity index (χ3v) is 4.01. The molecule has 0 spiro atoms. The van der Waals surface area contributed by atoms with Gasteiger partial charge in [-0.1, -0.05) is 25.4 Å². The van der Waals surface area contributed by atoms with E-state index in [2.05, 4.69) is 38.1 Å². The first-order valence-electron chi connectivity index (χ1n) is 7.67. The fraction of sp³-hybridized carbons (Fsp3) is 0.800. The number of likely N-dealkylation sites (N-methyl/N-ethyl adjacent to an activating group) is 1. The third-order valence-electron chi connectivity index (χ3n) is 3.57. The Morgan fingerprint density at radius 3 is 2.50 bits per heavy atom. The van der Waals surface area contributed by atoms with Crippen LogP contribution in [0.25, 0.3) is 0 Å². The van der Waals surface area contributed by atoms with Crippen molar-refractivity contribution in [3.63, 3.8) is 0 Å². The van der Waals surface area contributed by atoms with E-state index in [1.807, 2.05) is 11.6 Å². The highest BCUT2D eigenvalue weighted by atomic mass is 35.5. The number of halogens is 1. The Balaban J connectivity index is 2.94. The number of hydrogen-bond donors (Lipinski definition) is 1. The Morgan fingerprint density at radius 2 is 2.00 bits per heavy atom. The van der Waals surface area contributed by atoms with Gasteiger partial charge in [0.25, 0.3) is 0 Å². The molecule has 0 saturated carbocycles. The Hall–Kier alpha value is -0.580. The van der Waals surface area contributed by atoms with Crippen molar-refractivity contribution in [1.82, 2.24) is 15.1 Å². The molecule has 0 fully saturated rings. The molecule has 4 nitrogen and oxygen atoms in total. The van der Waals surface area contributed by atoms with Crippen LogP contribution in [0.5, 0.6) is 0 Å². The Morgan fingerprint density at radius 1 is 1.30 bits per heavy atom. The lowest BCUT2D eigenvalue weighted by Crippen LogP contribution is -2.42. The molecule has 1 aromatic heterocycles. The van der Waals surface area contributed by atoms with Gasteiger partial charge >= 0.3 is 0 Å². The molecule has 0 amide bonds. The van der Waals surface area contributed by atoms with Gasteiger partial charge < -0.3 is 10.1 Å². The summed E-state index contributed by atoms with van der Waals surface area (Å²) in [5, 5.41) is 8.90. The number of aryl methyl sites for hydroxylation is 2. The van der Waals surface area contributed by atoms with E-state index < -0.39 is 0 Å². The maximum atomic E-state index is 6.48. The Bertz CT molecular complexity index is 406. The van der Waals surface area contributed by atoms with E-state index in [0.717, 1.165) is 48.9 Å². The monoisotopic (exact) mass is 301 g/mol. The molecule has 5 heteroatoms. The van der Waals surface area contributed by atoms with Crippen molar-refractivity contribution in [3.8, 4) is 0 Å². The molecule has 1 aromatic rings. The molecule has 2 unspecified atom stereocenters. The van der Waals surface area contributed by atoms with Crippen molar-refractivity contribution in [2.24, 2.45) is 0 Å². The minimum Gasteiger partial charge on any atom is -0.377 e. The molecule has 0 aliphatic rings. The summed E-state index contributed by atoms with van der Waals surface area (Å²) in [6.45, 7) is 12.9. The first-order valence-corrected chi connectivity index (χ1v) is 8.05. The van der Waals surface area contributed by atoms with Gasteiger partial charge in [0.15, 0.2) is 0 Å². The number of nitrogens with one attached hydrogen (secondary N) is 1. The summed E-state index contributed by atoms with van der Waals surface area (Å²) in [6.07, 6.45) is 1.86. The summed E-state index contributed by atoms with van der Waals surface area (Å²) >= 11 is 6.48. The van der Waals surface area contributed by atoms with Gasteiger partial charge in [-0.3, -0.25) is 4.68 Å². The first kappa shape index (κ1) is 17.5. The second-order valence-corrected chi connectivity index (χ2v) is 5.28. The number of ether oxygens (including phenoxy) is 1. The summed E-state index contributed by atoms with van der Waals surface area (Å²) in [5.41, 5.74) is 2.10. The third kappa shape index (κ3) is 4.21. The summed E-state index contributed by atoms with van der Waals surface area (Å²) in [4.78, 5) is 0. The van der Waals surface area contributed by atoms with Gasteiger partial charge in [0, 0.05) is 25.6 Å². The van der Waals surface area contributed by atoms with Crippen LogP contribution in [0.15, 0.2) is 0 Å². The van der Waals surface area contributed by atoms with Gasteiger partial charge in [-0.15, -0.1) is 0 Å². The number of nitrogens with zero attached hydrogens (tertiary/aromatic N) is 2. The first-order chi connectivity index (χ1) is 9.58. The van der Waals surface area contributed by atoms with Crippen LogP contribution in [0, 0.1) is 0 Å². The van der Waals surface area contributed by atoms with Crippen molar-refractivity contribution >= 4 is 11.6 Å². The zero-order valence-corrected chi connectivity index (χ0v) is 14.1. The summed E-state index contributed by atoms with van der Waals surface area (Å²) in [7, 11) is 0. The quantitative estimate of drug-likeness (QED) is 0.762. The maximum Gasteiger partial charge on any atom is 0.0850 e. The molecule has 1 heterocycles. The SMILES string of the molecule is CCNC(Cc1c(Cl)c(CC)nn1CC)C(C)OCC. The van der Waals surface area contributed by atoms with Crippen LogP contribution in [0.1, 0.15) is 46.0 Å². The average Bonchev–Trinajstić information content (AvgIpc) is 2.74. The van der Waals surface area contributed by atoms with E-state index in [1.54, 1.807) is 0 Å². The Labute approximate surface area is 127 Å². The molecule has 0 radical (unpaired) electrons. The number of aromatic nitrogens is 2. The van der Waals surface area contributed by atoms with Crippen LogP contribution in [0.4, 0.5) is 0 Å². The van der Waals surface area contributed by atoms with Crippen molar-refractivity contribution in [3.05, 3.63) is 16.4 Å². The fourth-order valence-corrected chi connectivity index (χ4v) is 2.81. The predicted molar refractivity (Wildman–Crippen MR) is 84.5 cm³/mol. The van der Waals surface area contributed by atoms with Crippen LogP contribution in [-0.4, -0.2) is 35.1 Å². The number of rotatable bonds is 9. The molecular weight excluding hydrogens is 274 g/mol. The van der Waals surface area contributed by atoms with Gasteiger partial charge in [-0.05, 0) is 33.7 Å². The van der Waals surface area contributed by atoms with E-state index in [4.69, 9.17) is 16.3 Å². The van der Waals surface area contributed by atoms with Crippen LogP contribution >= 0.6 is 11.6 Å². The molecule has 1 rings (SSSR count). The molecule has 116 valence electrons. The molecule has 0 aliphatic carbocycles. The molecule has 0 bridgehead atoms. The largest absolute Gasteiger partial charge is 0.377 e. The lowest BCUT2D eigenvalue weighted by atomic mass is 10.1. The molecule has 0 aromatic carbocycles. The van der Waals surface area contributed by atoms with Crippen LogP contribution in [0.2, 0.25) is 5.02 Å². The highest BCUT2D eigenvalue weighted by Gasteiger charge is 2.22. The van der Waals surface area contributed by atoms with Crippen LogP contribution in [0.3, 0.4) is 0 Å². The van der Waals surface area contributed by atoms with Crippen molar-refractivity contribution in [2.75, 3.05) is 13.2 Å². The van der Waals surface area contributed by atoms with Gasteiger partial charge in [-0.2, -0.15) is 5.10 Å². The van der Waals surface area contributed by atoms with Crippen molar-refractivity contribution in [1.29, 1.82) is 0 Å². The second-order valence-electron chi connectivity index (χ2n) is 4.91. The van der Waals surface area contributed by atoms with Crippen LogP contribution < -0.4 is 5.32 Å². The van der Waals surface area contributed by atoms with Crippen molar-refractivity contribution < 1.29 is 4.74 Å². The van der Waals surface area contributed by atoms with Crippen LogP contribution in [-0.2, 0) is 24.1 Å². The normalized spacial score (nSPS) is 14.5. The van der Waals surface area contributed by atoms with Gasteiger partial charge in [0.2, 0.25) is 0 Å². The Kier molecular flexibility index (Phi) is 7.56. The minimum absolute atomic E-state index is 0.154. The molecule has 0 aliphatic heterocycles. The molecule has 0 saturated heterocycles. The highest BCUT2D eigenvalue weighted by molar-refractivity contribution is 6.31. The predicted octanol–water partition coefficient (Wildman–Crippen LogP) is 3.06. The molecular formula is C15H28ClN3O. The lowest BCUT2D eigenvalue weighted by molar-refractivity contribution is 0.0475. The maximum absolute atomic E-state index is 6.48. The van der Waals surface area contributed by atoms with Gasteiger partial charge in [0.05, 0.1) is 22.5 Å². The molecule has 20 heavy (non-hydrogen) atoms. The standard InChI is InChI=1S/C15H28ClN3O/c1-6-12-15(16)14(19(8-3)18-12)10-13(17-7-2)11(5)20-9-4/h11,13,17H,6-10H2,1-5H3. The summed E-state index contributed by atoms with van der Waals surface area (Å²) in [6, 6.07) is 0.254. The van der Waals surface area contributed by atoms with E-state index in [0.29, 0.717) is 0 Å². The van der Waals surface area contributed by atoms with Gasteiger partial charge in [0.1, 0.15) is 0 Å². The lowest BCUT2D eigenvalue weighted by Gasteiger charge is -2.25. The second kappa shape index (κ2) is 8.65.